The van der Waals surface area contributed by atoms with Crippen LogP contribution in [0.5, 0.6) is 0 Å². The fraction of sp³-hybridized carbons (Fsp3) is 0. The van der Waals surface area contributed by atoms with E-state index in [4.69, 9.17) is 5.73 Å². The van der Waals surface area contributed by atoms with Gasteiger partial charge in [0.2, 0.25) is 5.95 Å². The summed E-state index contributed by atoms with van der Waals surface area (Å²) in [6, 6.07) is 19.9. The minimum atomic E-state index is 0.209. The summed E-state index contributed by atoms with van der Waals surface area (Å²) in [5.74, 6) is 1.28. The van der Waals surface area contributed by atoms with Crippen molar-refractivity contribution in [2.24, 2.45) is 0 Å². The van der Waals surface area contributed by atoms with Crippen LogP contribution in [0.3, 0.4) is 0 Å². The first kappa shape index (κ1) is 14.7. The van der Waals surface area contributed by atoms with Crippen LogP contribution in [-0.4, -0.2) is 15.0 Å². The van der Waals surface area contributed by atoms with E-state index in [1.165, 1.54) is 0 Å². The molecule has 0 aliphatic heterocycles. The Hall–Kier alpha value is -3.27. The predicted octanol–water partition coefficient (Wildman–Crippen LogP) is 3.79. The summed E-state index contributed by atoms with van der Waals surface area (Å²) in [6.07, 6.45) is 7.54. The lowest BCUT2D eigenvalue weighted by Gasteiger charge is -1.99. The second kappa shape index (κ2) is 7.13. The van der Waals surface area contributed by atoms with E-state index in [-0.39, 0.29) is 5.95 Å². The highest BCUT2D eigenvalue weighted by Gasteiger charge is 1.99. The van der Waals surface area contributed by atoms with Gasteiger partial charge in [-0.25, -0.2) is 4.98 Å². The van der Waals surface area contributed by atoms with Gasteiger partial charge in [0.15, 0.2) is 11.6 Å². The van der Waals surface area contributed by atoms with Crippen LogP contribution in [0.4, 0.5) is 5.95 Å². The standard InChI is InChI=1S/C19H16N4/c20-19-22-17(13-11-15-7-3-1-4-8-15)21-18(23-19)14-12-16-9-5-2-6-10-16/h1-14H,(H2,20,21,22,23). The van der Waals surface area contributed by atoms with Gasteiger partial charge in [0.25, 0.3) is 0 Å². The van der Waals surface area contributed by atoms with Crippen molar-refractivity contribution >= 4 is 30.3 Å². The first-order chi connectivity index (χ1) is 11.3. The smallest absolute Gasteiger partial charge is 0.224 e. The number of benzene rings is 2. The first-order valence-electron chi connectivity index (χ1n) is 7.27. The van der Waals surface area contributed by atoms with E-state index >= 15 is 0 Å². The van der Waals surface area contributed by atoms with Gasteiger partial charge < -0.3 is 5.73 Å². The molecule has 0 amide bonds. The summed E-state index contributed by atoms with van der Waals surface area (Å²) in [5, 5.41) is 0. The highest BCUT2D eigenvalue weighted by molar-refractivity contribution is 5.69. The van der Waals surface area contributed by atoms with Crippen LogP contribution in [-0.2, 0) is 0 Å². The van der Waals surface area contributed by atoms with Gasteiger partial charge in [-0.15, -0.1) is 0 Å². The van der Waals surface area contributed by atoms with E-state index < -0.39 is 0 Å². The summed E-state index contributed by atoms with van der Waals surface area (Å²) < 4.78 is 0. The normalized spacial score (nSPS) is 11.3. The molecule has 4 nitrogen and oxygen atoms in total. The molecule has 4 heteroatoms. The number of nitrogens with zero attached hydrogens (tertiary/aromatic N) is 3. The van der Waals surface area contributed by atoms with Gasteiger partial charge in [-0.3, -0.25) is 0 Å². The highest BCUT2D eigenvalue weighted by atomic mass is 15.1. The number of hydrogen-bond acceptors (Lipinski definition) is 4. The Kier molecular flexibility index (Phi) is 4.55. The number of hydrogen-bond donors (Lipinski definition) is 1. The summed E-state index contributed by atoms with van der Waals surface area (Å²) in [6.45, 7) is 0. The molecule has 0 spiro atoms. The van der Waals surface area contributed by atoms with Gasteiger partial charge >= 0.3 is 0 Å². The van der Waals surface area contributed by atoms with Crippen molar-refractivity contribution in [2.45, 2.75) is 0 Å². The van der Waals surface area contributed by atoms with Crippen molar-refractivity contribution in [2.75, 3.05) is 5.73 Å². The Morgan fingerprint density at radius 1 is 0.565 bits per heavy atom. The molecule has 0 radical (unpaired) electrons. The molecule has 0 aliphatic rings. The number of nitrogen functional groups attached to an aromatic ring is 1. The molecule has 0 saturated heterocycles. The SMILES string of the molecule is Nc1nc(C=Cc2ccccc2)nc(C=Cc2ccccc2)n1. The van der Waals surface area contributed by atoms with Crippen LogP contribution in [0.1, 0.15) is 22.8 Å². The molecule has 0 unspecified atom stereocenters. The van der Waals surface area contributed by atoms with Crippen LogP contribution in [0, 0.1) is 0 Å². The van der Waals surface area contributed by atoms with E-state index in [0.717, 1.165) is 11.1 Å². The lowest BCUT2D eigenvalue weighted by Crippen LogP contribution is -2.01. The first-order valence-corrected chi connectivity index (χ1v) is 7.27. The van der Waals surface area contributed by atoms with Gasteiger partial charge in [-0.05, 0) is 23.3 Å². The van der Waals surface area contributed by atoms with E-state index in [1.54, 1.807) is 0 Å². The van der Waals surface area contributed by atoms with Crippen LogP contribution in [0.15, 0.2) is 60.7 Å². The zero-order chi connectivity index (χ0) is 15.9. The summed E-state index contributed by atoms with van der Waals surface area (Å²) >= 11 is 0. The largest absolute Gasteiger partial charge is 0.368 e. The van der Waals surface area contributed by atoms with Gasteiger partial charge in [0.1, 0.15) is 0 Å². The minimum Gasteiger partial charge on any atom is -0.368 e. The third-order valence-electron chi connectivity index (χ3n) is 3.14. The van der Waals surface area contributed by atoms with Crippen LogP contribution in [0.25, 0.3) is 24.3 Å². The summed E-state index contributed by atoms with van der Waals surface area (Å²) in [4.78, 5) is 12.7. The maximum Gasteiger partial charge on any atom is 0.224 e. The molecule has 23 heavy (non-hydrogen) atoms. The van der Waals surface area contributed by atoms with Crippen molar-refractivity contribution in [3.8, 4) is 0 Å². The molecule has 0 atom stereocenters. The van der Waals surface area contributed by atoms with Crippen molar-refractivity contribution in [3.63, 3.8) is 0 Å². The number of aromatic nitrogens is 3. The zero-order valence-electron chi connectivity index (χ0n) is 12.5. The van der Waals surface area contributed by atoms with Gasteiger partial charge in [0, 0.05) is 0 Å². The van der Waals surface area contributed by atoms with E-state index in [9.17, 15) is 0 Å². The molecular weight excluding hydrogens is 284 g/mol. The molecule has 2 N–H and O–H groups in total. The highest BCUT2D eigenvalue weighted by Crippen LogP contribution is 2.08. The van der Waals surface area contributed by atoms with Crippen molar-refractivity contribution in [1.29, 1.82) is 0 Å². The fourth-order valence-corrected chi connectivity index (χ4v) is 2.05. The predicted molar refractivity (Wildman–Crippen MR) is 95.0 cm³/mol. The average molecular weight is 300 g/mol. The lowest BCUT2D eigenvalue weighted by molar-refractivity contribution is 1.02. The molecule has 1 aromatic heterocycles. The zero-order valence-corrected chi connectivity index (χ0v) is 12.5. The molecule has 0 saturated carbocycles. The Balaban J connectivity index is 1.82. The molecule has 0 bridgehead atoms. The van der Waals surface area contributed by atoms with Crippen LogP contribution in [0.2, 0.25) is 0 Å². The maximum atomic E-state index is 5.77. The molecule has 1 heterocycles. The number of rotatable bonds is 4. The van der Waals surface area contributed by atoms with Crippen LogP contribution >= 0.6 is 0 Å². The molecule has 3 rings (SSSR count). The van der Waals surface area contributed by atoms with E-state index in [0.29, 0.717) is 11.6 Å². The molecule has 0 aliphatic carbocycles. The van der Waals surface area contributed by atoms with Crippen molar-refractivity contribution in [3.05, 3.63) is 83.4 Å². The summed E-state index contributed by atoms with van der Waals surface area (Å²) in [5.41, 5.74) is 7.92. The van der Waals surface area contributed by atoms with Crippen molar-refractivity contribution < 1.29 is 0 Å². The molecule has 2 aromatic carbocycles. The Labute approximate surface area is 135 Å². The van der Waals surface area contributed by atoms with E-state index in [2.05, 4.69) is 15.0 Å². The quantitative estimate of drug-likeness (QED) is 0.796. The Morgan fingerprint density at radius 3 is 1.43 bits per heavy atom. The minimum absolute atomic E-state index is 0.209. The van der Waals surface area contributed by atoms with Crippen LogP contribution < -0.4 is 5.73 Å². The Bertz CT molecular complexity index is 757. The molecule has 0 fully saturated rings. The summed E-state index contributed by atoms with van der Waals surface area (Å²) in [7, 11) is 0. The topological polar surface area (TPSA) is 64.7 Å². The molecule has 112 valence electrons. The Morgan fingerprint density at radius 2 is 1.00 bits per heavy atom. The van der Waals surface area contributed by atoms with E-state index in [1.807, 2.05) is 85.0 Å². The monoisotopic (exact) mass is 300 g/mol. The maximum absolute atomic E-state index is 5.77. The average Bonchev–Trinajstić information content (AvgIpc) is 2.60. The second-order valence-corrected chi connectivity index (χ2v) is 4.90. The third-order valence-corrected chi connectivity index (χ3v) is 3.14. The second-order valence-electron chi connectivity index (χ2n) is 4.90. The fourth-order valence-electron chi connectivity index (χ4n) is 2.05. The van der Waals surface area contributed by atoms with Gasteiger partial charge in [0.05, 0.1) is 0 Å². The van der Waals surface area contributed by atoms with Gasteiger partial charge in [-0.1, -0.05) is 72.8 Å². The third kappa shape index (κ3) is 4.35. The number of anilines is 1. The van der Waals surface area contributed by atoms with Gasteiger partial charge in [-0.2, -0.15) is 9.97 Å². The lowest BCUT2D eigenvalue weighted by atomic mass is 10.2. The van der Waals surface area contributed by atoms with Crippen molar-refractivity contribution in [1.82, 2.24) is 15.0 Å². The number of nitrogens with two attached hydrogens (primary N) is 1. The molecular formula is C19H16N4. The molecule has 3 aromatic rings.